The second-order valence-electron chi connectivity index (χ2n) is 5.24. The van der Waals surface area contributed by atoms with Crippen LogP contribution in [-0.4, -0.2) is 44.2 Å². The Bertz CT molecular complexity index is 400. The van der Waals surface area contributed by atoms with E-state index in [1.807, 2.05) is 37.8 Å². The molecule has 0 aromatic heterocycles. The molecule has 1 amide bonds. The molecule has 20 heavy (non-hydrogen) atoms. The summed E-state index contributed by atoms with van der Waals surface area (Å²) in [5, 5.41) is 3.22. The number of nitrogens with one attached hydrogen (secondary N) is 1. The second kappa shape index (κ2) is 7.33. The molecule has 1 aliphatic rings. The molecule has 1 atom stereocenters. The third-order valence-electron chi connectivity index (χ3n) is 3.68. The summed E-state index contributed by atoms with van der Waals surface area (Å²) in [7, 11) is 1.66. The zero-order chi connectivity index (χ0) is 15.2. The first-order valence-electron chi connectivity index (χ1n) is 7.19. The Morgan fingerprint density at radius 2 is 2.15 bits per heavy atom. The molecule has 1 rings (SSSR count). The van der Waals surface area contributed by atoms with Gasteiger partial charge in [0.05, 0.1) is 23.4 Å². The van der Waals surface area contributed by atoms with E-state index in [-0.39, 0.29) is 5.91 Å². The van der Waals surface area contributed by atoms with E-state index in [0.717, 1.165) is 18.8 Å². The molecule has 0 aromatic rings. The minimum absolute atomic E-state index is 0.137. The summed E-state index contributed by atoms with van der Waals surface area (Å²) in [5.74, 6) is 0.137. The summed E-state index contributed by atoms with van der Waals surface area (Å²) in [6.07, 6.45) is 4.55. The zero-order valence-corrected chi connectivity index (χ0v) is 13.0. The summed E-state index contributed by atoms with van der Waals surface area (Å²) >= 11 is 0. The monoisotopic (exact) mass is 281 g/mol. The lowest BCUT2D eigenvalue weighted by Crippen LogP contribution is -2.43. The molecule has 3 N–H and O–H groups in total. The lowest BCUT2D eigenvalue weighted by atomic mass is 9.80. The highest BCUT2D eigenvalue weighted by Crippen LogP contribution is 2.32. The number of methoxy groups -OCH3 is 1. The van der Waals surface area contributed by atoms with Gasteiger partial charge in [-0.15, -0.1) is 0 Å². The van der Waals surface area contributed by atoms with Gasteiger partial charge in [0.2, 0.25) is 5.91 Å². The number of ether oxygens (including phenoxy) is 1. The predicted octanol–water partition coefficient (Wildman–Crippen LogP) is 1.23. The van der Waals surface area contributed by atoms with Crippen molar-refractivity contribution in [3.8, 4) is 0 Å². The maximum atomic E-state index is 12.6. The van der Waals surface area contributed by atoms with Gasteiger partial charge >= 0.3 is 0 Å². The largest absolute Gasteiger partial charge is 0.397 e. The molecule has 0 aromatic carbocycles. The molecule has 114 valence electrons. The third-order valence-corrected chi connectivity index (χ3v) is 3.68. The van der Waals surface area contributed by atoms with Crippen molar-refractivity contribution in [3.63, 3.8) is 0 Å². The van der Waals surface area contributed by atoms with Gasteiger partial charge in [0, 0.05) is 26.7 Å². The quantitative estimate of drug-likeness (QED) is 0.689. The summed E-state index contributed by atoms with van der Waals surface area (Å²) in [5.41, 5.74) is 7.07. The van der Waals surface area contributed by atoms with Crippen LogP contribution in [0.25, 0.3) is 0 Å². The number of hydrogen-bond donors (Lipinski definition) is 2. The van der Waals surface area contributed by atoms with Gasteiger partial charge in [-0.2, -0.15) is 0 Å². The minimum Gasteiger partial charge on any atom is -0.397 e. The van der Waals surface area contributed by atoms with E-state index in [2.05, 4.69) is 5.32 Å². The fourth-order valence-electron chi connectivity index (χ4n) is 2.39. The normalized spacial score (nSPS) is 22.0. The maximum absolute atomic E-state index is 12.6. The number of nitrogens with two attached hydrogens (primary N) is 1. The highest BCUT2D eigenvalue weighted by atomic mass is 16.5. The van der Waals surface area contributed by atoms with Crippen molar-refractivity contribution in [2.75, 3.05) is 33.4 Å². The maximum Gasteiger partial charge on any atom is 0.232 e. The van der Waals surface area contributed by atoms with Crippen LogP contribution >= 0.6 is 0 Å². The van der Waals surface area contributed by atoms with E-state index in [9.17, 15) is 4.79 Å². The summed E-state index contributed by atoms with van der Waals surface area (Å²) in [6.45, 7) is 8.71. The summed E-state index contributed by atoms with van der Waals surface area (Å²) in [4.78, 5) is 14.4. The highest BCUT2D eigenvalue weighted by molar-refractivity contribution is 5.85. The van der Waals surface area contributed by atoms with Crippen LogP contribution in [0, 0.1) is 5.41 Å². The van der Waals surface area contributed by atoms with Crippen LogP contribution in [0.2, 0.25) is 0 Å². The SMILES string of the molecule is CCN(CC)C(=O)C1(C)C=C(N)C(NCCOC)=CC1. The first-order chi connectivity index (χ1) is 9.48. The van der Waals surface area contributed by atoms with E-state index in [1.54, 1.807) is 7.11 Å². The number of hydrogen-bond acceptors (Lipinski definition) is 4. The molecular formula is C15H27N3O2. The molecular weight excluding hydrogens is 254 g/mol. The van der Waals surface area contributed by atoms with E-state index in [0.29, 0.717) is 25.3 Å². The first-order valence-corrected chi connectivity index (χ1v) is 7.19. The van der Waals surface area contributed by atoms with Crippen LogP contribution < -0.4 is 11.1 Å². The molecule has 0 saturated carbocycles. The van der Waals surface area contributed by atoms with Gasteiger partial charge in [0.25, 0.3) is 0 Å². The molecule has 5 heteroatoms. The van der Waals surface area contributed by atoms with Crippen LogP contribution in [-0.2, 0) is 9.53 Å². The molecule has 5 nitrogen and oxygen atoms in total. The van der Waals surface area contributed by atoms with Crippen LogP contribution in [0.5, 0.6) is 0 Å². The van der Waals surface area contributed by atoms with Crippen LogP contribution in [0.1, 0.15) is 27.2 Å². The molecule has 0 aliphatic heterocycles. The topological polar surface area (TPSA) is 67.6 Å². The van der Waals surface area contributed by atoms with Gasteiger partial charge in [-0.25, -0.2) is 0 Å². The third kappa shape index (κ3) is 3.76. The molecule has 0 heterocycles. The standard InChI is InChI=1S/C15H27N3O2/c1-5-18(6-2)14(19)15(3)8-7-13(12(16)11-15)17-9-10-20-4/h7,11,17H,5-6,8-10,16H2,1-4H3. The van der Waals surface area contributed by atoms with Crippen LogP contribution in [0.4, 0.5) is 0 Å². The van der Waals surface area contributed by atoms with Crippen molar-refractivity contribution in [1.29, 1.82) is 0 Å². The van der Waals surface area contributed by atoms with Gasteiger partial charge in [-0.3, -0.25) is 4.79 Å². The van der Waals surface area contributed by atoms with Crippen molar-refractivity contribution < 1.29 is 9.53 Å². The predicted molar refractivity (Wildman–Crippen MR) is 80.9 cm³/mol. The number of rotatable bonds is 7. The Morgan fingerprint density at radius 3 is 2.65 bits per heavy atom. The number of allylic oxidation sites excluding steroid dienone is 1. The summed E-state index contributed by atoms with van der Waals surface area (Å²) in [6, 6.07) is 0. The van der Waals surface area contributed by atoms with E-state index in [1.165, 1.54) is 0 Å². The summed E-state index contributed by atoms with van der Waals surface area (Å²) < 4.78 is 5.00. The number of nitrogens with zero attached hydrogens (tertiary/aromatic N) is 1. The first kappa shape index (κ1) is 16.6. The van der Waals surface area contributed by atoms with E-state index >= 15 is 0 Å². The van der Waals surface area contributed by atoms with Crippen molar-refractivity contribution in [2.24, 2.45) is 11.1 Å². The zero-order valence-electron chi connectivity index (χ0n) is 13.0. The Labute approximate surface area is 121 Å². The van der Waals surface area contributed by atoms with Gasteiger partial charge in [-0.05, 0) is 33.3 Å². The fourth-order valence-corrected chi connectivity index (χ4v) is 2.39. The Morgan fingerprint density at radius 1 is 1.50 bits per heavy atom. The second-order valence-corrected chi connectivity index (χ2v) is 5.24. The fraction of sp³-hybridized carbons (Fsp3) is 0.667. The average Bonchev–Trinajstić information content (AvgIpc) is 2.43. The Hall–Kier alpha value is -1.49. The van der Waals surface area contributed by atoms with Crippen molar-refractivity contribution in [2.45, 2.75) is 27.2 Å². The van der Waals surface area contributed by atoms with Crippen molar-refractivity contribution in [1.82, 2.24) is 10.2 Å². The average molecular weight is 281 g/mol. The van der Waals surface area contributed by atoms with Crippen molar-refractivity contribution in [3.05, 3.63) is 23.5 Å². The van der Waals surface area contributed by atoms with Crippen LogP contribution in [0.3, 0.4) is 0 Å². The lowest BCUT2D eigenvalue weighted by molar-refractivity contribution is -0.138. The molecule has 1 unspecified atom stereocenters. The number of carbonyl (C=O) groups excluding carboxylic acids is 1. The number of amides is 1. The molecule has 1 aliphatic carbocycles. The van der Waals surface area contributed by atoms with E-state index < -0.39 is 5.41 Å². The lowest BCUT2D eigenvalue weighted by Gasteiger charge is -2.33. The molecule has 0 saturated heterocycles. The van der Waals surface area contributed by atoms with Gasteiger partial charge < -0.3 is 20.7 Å². The molecule has 0 radical (unpaired) electrons. The van der Waals surface area contributed by atoms with Crippen molar-refractivity contribution >= 4 is 5.91 Å². The van der Waals surface area contributed by atoms with Crippen LogP contribution in [0.15, 0.2) is 23.5 Å². The van der Waals surface area contributed by atoms with E-state index in [4.69, 9.17) is 10.5 Å². The van der Waals surface area contributed by atoms with Gasteiger partial charge in [-0.1, -0.05) is 6.08 Å². The number of carbonyl (C=O) groups is 1. The Kier molecular flexibility index (Phi) is 6.07. The smallest absolute Gasteiger partial charge is 0.232 e. The minimum atomic E-state index is -0.539. The highest BCUT2D eigenvalue weighted by Gasteiger charge is 2.35. The Balaban J connectivity index is 2.76. The van der Waals surface area contributed by atoms with Gasteiger partial charge in [0.1, 0.15) is 0 Å². The molecule has 0 fully saturated rings. The molecule has 0 spiro atoms. The van der Waals surface area contributed by atoms with Gasteiger partial charge in [0.15, 0.2) is 0 Å². The molecule has 0 bridgehead atoms.